The van der Waals surface area contributed by atoms with E-state index in [4.69, 9.17) is 9.47 Å². The first-order valence-corrected chi connectivity index (χ1v) is 8.51. The SMILES string of the molecule is CC(CC(=O)Nc1nc2cc3c(cc2s1)OCCO3)C1CC1. The van der Waals surface area contributed by atoms with Crippen LogP contribution in [-0.4, -0.2) is 24.1 Å². The van der Waals surface area contributed by atoms with E-state index in [1.54, 1.807) is 0 Å². The Kier molecular flexibility index (Phi) is 3.41. The Morgan fingerprint density at radius 1 is 1.36 bits per heavy atom. The van der Waals surface area contributed by atoms with Crippen molar-refractivity contribution in [1.29, 1.82) is 0 Å². The van der Waals surface area contributed by atoms with Crippen molar-refractivity contribution in [2.45, 2.75) is 26.2 Å². The van der Waals surface area contributed by atoms with Crippen molar-refractivity contribution < 1.29 is 14.3 Å². The van der Waals surface area contributed by atoms with Crippen LogP contribution >= 0.6 is 11.3 Å². The van der Waals surface area contributed by atoms with Crippen LogP contribution in [0, 0.1) is 11.8 Å². The predicted molar refractivity (Wildman–Crippen MR) is 85.7 cm³/mol. The molecule has 0 saturated heterocycles. The van der Waals surface area contributed by atoms with Gasteiger partial charge in [-0.05, 0) is 24.7 Å². The van der Waals surface area contributed by atoms with E-state index in [1.165, 1.54) is 24.2 Å². The average molecular weight is 318 g/mol. The number of nitrogens with zero attached hydrogens (tertiary/aromatic N) is 1. The smallest absolute Gasteiger partial charge is 0.226 e. The van der Waals surface area contributed by atoms with Crippen LogP contribution in [0.4, 0.5) is 5.13 Å². The number of hydrogen-bond donors (Lipinski definition) is 1. The molecule has 5 nitrogen and oxygen atoms in total. The molecule has 1 amide bonds. The number of fused-ring (bicyclic) bond motifs is 2. The fourth-order valence-corrected chi connectivity index (χ4v) is 3.71. The molecule has 1 atom stereocenters. The summed E-state index contributed by atoms with van der Waals surface area (Å²) in [6, 6.07) is 3.81. The molecule has 0 spiro atoms. The summed E-state index contributed by atoms with van der Waals surface area (Å²) in [7, 11) is 0. The number of thiazole rings is 1. The number of nitrogens with one attached hydrogen (secondary N) is 1. The van der Waals surface area contributed by atoms with E-state index in [1.807, 2.05) is 12.1 Å². The van der Waals surface area contributed by atoms with Crippen molar-refractivity contribution in [1.82, 2.24) is 4.98 Å². The molecule has 2 aromatic rings. The maximum absolute atomic E-state index is 12.1. The number of hydrogen-bond acceptors (Lipinski definition) is 5. The molecular formula is C16H18N2O3S. The number of carbonyl (C=O) groups excluding carboxylic acids is 1. The summed E-state index contributed by atoms with van der Waals surface area (Å²) in [5.74, 6) is 2.73. The molecule has 0 radical (unpaired) electrons. The van der Waals surface area contributed by atoms with Gasteiger partial charge in [0, 0.05) is 18.6 Å². The molecule has 1 aromatic carbocycles. The van der Waals surface area contributed by atoms with Gasteiger partial charge in [-0.1, -0.05) is 18.3 Å². The Hall–Kier alpha value is -1.82. The minimum atomic E-state index is 0.0516. The molecule has 1 saturated carbocycles. The molecule has 22 heavy (non-hydrogen) atoms. The third kappa shape index (κ3) is 2.75. The fraction of sp³-hybridized carbons (Fsp3) is 0.500. The van der Waals surface area contributed by atoms with Gasteiger partial charge >= 0.3 is 0 Å². The summed E-state index contributed by atoms with van der Waals surface area (Å²) >= 11 is 1.47. The van der Waals surface area contributed by atoms with Crippen molar-refractivity contribution in [2.24, 2.45) is 11.8 Å². The first-order valence-electron chi connectivity index (χ1n) is 7.69. The molecule has 1 fully saturated rings. The topological polar surface area (TPSA) is 60.5 Å². The molecular weight excluding hydrogens is 300 g/mol. The Labute approximate surface area is 132 Å². The van der Waals surface area contributed by atoms with E-state index in [0.717, 1.165) is 27.6 Å². The van der Waals surface area contributed by atoms with Crippen molar-refractivity contribution in [3.05, 3.63) is 12.1 Å². The molecule has 1 aromatic heterocycles. The van der Waals surface area contributed by atoms with Gasteiger partial charge in [0.1, 0.15) is 13.2 Å². The third-order valence-corrected chi connectivity index (χ3v) is 5.17. The van der Waals surface area contributed by atoms with Gasteiger partial charge in [-0.3, -0.25) is 4.79 Å². The van der Waals surface area contributed by atoms with E-state index >= 15 is 0 Å². The number of rotatable bonds is 4. The van der Waals surface area contributed by atoms with Crippen molar-refractivity contribution >= 4 is 32.6 Å². The lowest BCUT2D eigenvalue weighted by Crippen LogP contribution is -2.15. The van der Waals surface area contributed by atoms with Crippen molar-refractivity contribution in [3.63, 3.8) is 0 Å². The Balaban J connectivity index is 1.50. The highest BCUT2D eigenvalue weighted by Crippen LogP contribution is 2.39. The second-order valence-electron chi connectivity index (χ2n) is 6.05. The fourth-order valence-electron chi connectivity index (χ4n) is 2.81. The van der Waals surface area contributed by atoms with Crippen LogP contribution < -0.4 is 14.8 Å². The minimum absolute atomic E-state index is 0.0516. The molecule has 1 unspecified atom stereocenters. The maximum Gasteiger partial charge on any atom is 0.226 e. The van der Waals surface area contributed by atoms with Gasteiger partial charge in [0.15, 0.2) is 16.6 Å². The third-order valence-electron chi connectivity index (χ3n) is 4.23. The van der Waals surface area contributed by atoms with Gasteiger partial charge in [-0.15, -0.1) is 0 Å². The summed E-state index contributed by atoms with van der Waals surface area (Å²) in [6.07, 6.45) is 3.10. The van der Waals surface area contributed by atoms with Gasteiger partial charge in [-0.25, -0.2) is 4.98 Å². The van der Waals surface area contributed by atoms with Crippen LogP contribution in [-0.2, 0) is 4.79 Å². The zero-order chi connectivity index (χ0) is 15.1. The van der Waals surface area contributed by atoms with Gasteiger partial charge < -0.3 is 14.8 Å². The Morgan fingerprint density at radius 3 is 2.82 bits per heavy atom. The quantitative estimate of drug-likeness (QED) is 0.938. The first kappa shape index (κ1) is 13.8. The molecule has 2 heterocycles. The lowest BCUT2D eigenvalue weighted by atomic mass is 10.0. The lowest BCUT2D eigenvalue weighted by molar-refractivity contribution is -0.117. The van der Waals surface area contributed by atoms with Crippen LogP contribution in [0.2, 0.25) is 0 Å². The van der Waals surface area contributed by atoms with E-state index in [2.05, 4.69) is 17.2 Å². The van der Waals surface area contributed by atoms with E-state index in [0.29, 0.717) is 30.7 Å². The lowest BCUT2D eigenvalue weighted by Gasteiger charge is -2.17. The first-order chi connectivity index (χ1) is 10.7. The number of carbonyl (C=O) groups is 1. The molecule has 116 valence electrons. The highest BCUT2D eigenvalue weighted by atomic mass is 32.1. The van der Waals surface area contributed by atoms with E-state index in [9.17, 15) is 4.79 Å². The van der Waals surface area contributed by atoms with Crippen molar-refractivity contribution in [3.8, 4) is 11.5 Å². The summed E-state index contributed by atoms with van der Waals surface area (Å²) in [5, 5.41) is 3.57. The molecule has 1 aliphatic carbocycles. The molecule has 2 aliphatic rings. The van der Waals surface area contributed by atoms with Gasteiger partial charge in [0.2, 0.25) is 5.91 Å². The van der Waals surface area contributed by atoms with Crippen LogP contribution in [0.5, 0.6) is 11.5 Å². The monoisotopic (exact) mass is 318 g/mol. The number of anilines is 1. The molecule has 0 bridgehead atoms. The Morgan fingerprint density at radius 2 is 2.09 bits per heavy atom. The second-order valence-corrected chi connectivity index (χ2v) is 7.08. The number of ether oxygens (including phenoxy) is 2. The highest BCUT2D eigenvalue weighted by Gasteiger charge is 2.29. The molecule has 1 N–H and O–H groups in total. The number of benzene rings is 1. The van der Waals surface area contributed by atoms with E-state index in [-0.39, 0.29) is 5.91 Å². The zero-order valence-corrected chi connectivity index (χ0v) is 13.2. The van der Waals surface area contributed by atoms with Gasteiger partial charge in [0.25, 0.3) is 0 Å². The minimum Gasteiger partial charge on any atom is -0.486 e. The normalized spacial score (nSPS) is 18.2. The van der Waals surface area contributed by atoms with Crippen LogP contribution in [0.1, 0.15) is 26.2 Å². The number of amides is 1. The second kappa shape index (κ2) is 5.43. The summed E-state index contributed by atoms with van der Waals surface area (Å²) in [6.45, 7) is 3.28. The maximum atomic E-state index is 12.1. The molecule has 6 heteroatoms. The summed E-state index contributed by atoms with van der Waals surface area (Å²) in [4.78, 5) is 16.6. The average Bonchev–Trinajstić information content (AvgIpc) is 3.26. The highest BCUT2D eigenvalue weighted by molar-refractivity contribution is 7.22. The standard InChI is InChI=1S/C16H18N2O3S/c1-9(10-2-3-10)6-15(19)18-16-17-11-7-12-13(8-14(11)22-16)21-5-4-20-12/h7-10H,2-6H2,1H3,(H,17,18,19). The van der Waals surface area contributed by atoms with Crippen LogP contribution in [0.15, 0.2) is 12.1 Å². The number of aromatic nitrogens is 1. The summed E-state index contributed by atoms with van der Waals surface area (Å²) in [5.41, 5.74) is 0.833. The van der Waals surface area contributed by atoms with Crippen LogP contribution in [0.3, 0.4) is 0 Å². The molecule has 4 rings (SSSR count). The largest absolute Gasteiger partial charge is 0.486 e. The Bertz CT molecular complexity index is 680. The van der Waals surface area contributed by atoms with Crippen molar-refractivity contribution in [2.75, 3.05) is 18.5 Å². The zero-order valence-electron chi connectivity index (χ0n) is 12.4. The summed E-state index contributed by atoms with van der Waals surface area (Å²) < 4.78 is 12.1. The van der Waals surface area contributed by atoms with Gasteiger partial charge in [0.05, 0.1) is 10.2 Å². The van der Waals surface area contributed by atoms with Crippen LogP contribution in [0.25, 0.3) is 10.2 Å². The van der Waals surface area contributed by atoms with E-state index < -0.39 is 0 Å². The van der Waals surface area contributed by atoms with Gasteiger partial charge in [-0.2, -0.15) is 0 Å². The molecule has 1 aliphatic heterocycles. The predicted octanol–water partition coefficient (Wildman–Crippen LogP) is 3.44.